The predicted octanol–water partition coefficient (Wildman–Crippen LogP) is 3.30. The Bertz CT molecular complexity index is 1540. The molecule has 0 radical (unpaired) electrons. The van der Waals surface area contributed by atoms with Crippen LogP contribution in [0.25, 0.3) is 6.08 Å². The van der Waals surface area contributed by atoms with Crippen molar-refractivity contribution in [2.24, 2.45) is 4.99 Å². The molecule has 1 atom stereocenters. The van der Waals surface area contributed by atoms with Gasteiger partial charge in [-0.2, -0.15) is 0 Å². The number of allylic oxidation sites excluding steroid dienone is 1. The third-order valence-electron chi connectivity index (χ3n) is 5.73. The van der Waals surface area contributed by atoms with E-state index in [2.05, 4.69) is 20.9 Å². The number of nitrogens with zero attached hydrogens (tertiary/aromatic N) is 2. The minimum absolute atomic E-state index is 0.158. The molecule has 2 aromatic carbocycles. The summed E-state index contributed by atoms with van der Waals surface area (Å²) in [6, 6.07) is 10.2. The second kappa shape index (κ2) is 9.35. The van der Waals surface area contributed by atoms with Crippen LogP contribution in [0.15, 0.2) is 61.9 Å². The Balaban J connectivity index is 1.70. The number of ether oxygens (including phenoxy) is 4. The fraction of sp³-hybridized carbons (Fsp3) is 0.240. The number of halogens is 1. The van der Waals surface area contributed by atoms with Crippen LogP contribution in [0.5, 0.6) is 17.2 Å². The molecule has 0 bridgehead atoms. The number of hydrogen-bond acceptors (Lipinski definition) is 8. The first-order chi connectivity index (χ1) is 16.9. The molecule has 0 aliphatic carbocycles. The largest absolute Gasteiger partial charge is 0.497 e. The Morgan fingerprint density at radius 1 is 1.26 bits per heavy atom. The molecule has 0 fully saturated rings. The van der Waals surface area contributed by atoms with Crippen LogP contribution in [0.1, 0.15) is 31.0 Å². The molecular formula is C25H21BrN2O6S. The molecule has 8 nitrogen and oxygen atoms in total. The summed E-state index contributed by atoms with van der Waals surface area (Å²) in [5, 5.41) is 0. The van der Waals surface area contributed by atoms with E-state index in [1.54, 1.807) is 43.7 Å². The van der Waals surface area contributed by atoms with Crippen molar-refractivity contribution in [1.29, 1.82) is 0 Å². The van der Waals surface area contributed by atoms with E-state index in [0.29, 0.717) is 37.9 Å². The van der Waals surface area contributed by atoms with Gasteiger partial charge in [0, 0.05) is 4.47 Å². The van der Waals surface area contributed by atoms with Crippen LogP contribution in [0.2, 0.25) is 0 Å². The summed E-state index contributed by atoms with van der Waals surface area (Å²) >= 11 is 4.81. The standard InChI is InChI=1S/C25H21BrN2O6S/c1-4-32-24(30)21-13(2)27-25-28(22(21)14-5-7-16(31-3)8-6-14)23(29)20(35-25)10-15-9-18-19(11-17(15)26)34-12-33-18/h5-11,22H,4,12H2,1-3H3/b20-10-/t22-/m0/s1. The Labute approximate surface area is 212 Å². The molecule has 0 saturated heterocycles. The molecule has 35 heavy (non-hydrogen) atoms. The maximum atomic E-state index is 13.7. The van der Waals surface area contributed by atoms with Gasteiger partial charge in [-0.05, 0) is 55.3 Å². The normalized spacial score (nSPS) is 16.7. The van der Waals surface area contributed by atoms with E-state index in [0.717, 1.165) is 15.6 Å². The number of hydrogen-bond donors (Lipinski definition) is 0. The summed E-state index contributed by atoms with van der Waals surface area (Å²) in [5.74, 6) is 1.43. The van der Waals surface area contributed by atoms with Gasteiger partial charge in [-0.3, -0.25) is 9.36 Å². The van der Waals surface area contributed by atoms with Crippen molar-refractivity contribution in [2.45, 2.75) is 19.9 Å². The smallest absolute Gasteiger partial charge is 0.338 e. The molecule has 0 spiro atoms. The molecule has 1 aromatic heterocycles. The van der Waals surface area contributed by atoms with Crippen LogP contribution in [-0.4, -0.2) is 31.0 Å². The number of thiazole rings is 1. The van der Waals surface area contributed by atoms with Gasteiger partial charge >= 0.3 is 5.97 Å². The zero-order chi connectivity index (χ0) is 24.7. The Morgan fingerprint density at radius 2 is 1.97 bits per heavy atom. The highest BCUT2D eigenvalue weighted by molar-refractivity contribution is 9.10. The highest BCUT2D eigenvalue weighted by atomic mass is 79.9. The van der Waals surface area contributed by atoms with E-state index < -0.39 is 12.0 Å². The topological polar surface area (TPSA) is 88.4 Å². The molecule has 0 unspecified atom stereocenters. The molecule has 0 N–H and O–H groups in total. The summed E-state index contributed by atoms with van der Waals surface area (Å²) in [6.45, 7) is 3.88. The molecule has 3 heterocycles. The van der Waals surface area contributed by atoms with Gasteiger partial charge in [-0.25, -0.2) is 9.79 Å². The summed E-state index contributed by atoms with van der Waals surface area (Å²) in [5.41, 5.74) is 2.11. The van der Waals surface area contributed by atoms with Gasteiger partial charge in [-0.15, -0.1) is 0 Å². The number of methoxy groups -OCH3 is 1. The van der Waals surface area contributed by atoms with Gasteiger partial charge < -0.3 is 18.9 Å². The van der Waals surface area contributed by atoms with Crippen LogP contribution in [-0.2, 0) is 9.53 Å². The van der Waals surface area contributed by atoms with E-state index in [1.807, 2.05) is 24.3 Å². The summed E-state index contributed by atoms with van der Waals surface area (Å²) in [4.78, 5) is 31.8. The van der Waals surface area contributed by atoms with Crippen molar-refractivity contribution < 1.29 is 23.7 Å². The molecule has 3 aromatic rings. The van der Waals surface area contributed by atoms with Crippen LogP contribution < -0.4 is 29.1 Å². The molecule has 2 aliphatic heterocycles. The maximum absolute atomic E-state index is 13.7. The summed E-state index contributed by atoms with van der Waals surface area (Å²) in [6.07, 6.45) is 1.78. The lowest BCUT2D eigenvalue weighted by Gasteiger charge is -2.24. The first kappa shape index (κ1) is 23.4. The molecule has 0 saturated carbocycles. The number of esters is 1. The van der Waals surface area contributed by atoms with Crippen molar-refractivity contribution in [3.63, 3.8) is 0 Å². The van der Waals surface area contributed by atoms with E-state index in [4.69, 9.17) is 18.9 Å². The lowest BCUT2D eigenvalue weighted by Crippen LogP contribution is -2.39. The minimum atomic E-state index is -0.682. The Morgan fingerprint density at radius 3 is 2.66 bits per heavy atom. The second-order valence-corrected chi connectivity index (χ2v) is 9.67. The van der Waals surface area contributed by atoms with Gasteiger partial charge in [0.1, 0.15) is 5.75 Å². The van der Waals surface area contributed by atoms with Crippen LogP contribution in [0.3, 0.4) is 0 Å². The SMILES string of the molecule is CCOC(=O)C1=C(C)N=c2s/c(=C\c3cc4c(cc3Br)OCO4)c(=O)n2[C@H]1c1ccc(OC)cc1. The van der Waals surface area contributed by atoms with Crippen LogP contribution >= 0.6 is 27.3 Å². The maximum Gasteiger partial charge on any atom is 0.338 e. The number of carbonyl (C=O) groups is 1. The number of fused-ring (bicyclic) bond motifs is 2. The van der Waals surface area contributed by atoms with Crippen molar-refractivity contribution in [3.05, 3.63) is 83.0 Å². The van der Waals surface area contributed by atoms with E-state index in [1.165, 1.54) is 11.3 Å². The monoisotopic (exact) mass is 556 g/mol. The van der Waals surface area contributed by atoms with Crippen LogP contribution in [0.4, 0.5) is 0 Å². The van der Waals surface area contributed by atoms with E-state index in [9.17, 15) is 9.59 Å². The number of carbonyl (C=O) groups excluding carboxylic acids is 1. The number of benzene rings is 2. The molecular weight excluding hydrogens is 536 g/mol. The quantitative estimate of drug-likeness (QED) is 0.448. The third-order valence-corrected chi connectivity index (χ3v) is 7.40. The molecule has 2 aliphatic rings. The van der Waals surface area contributed by atoms with E-state index in [-0.39, 0.29) is 19.0 Å². The Hall–Kier alpha value is -3.37. The van der Waals surface area contributed by atoms with Crippen molar-refractivity contribution in [2.75, 3.05) is 20.5 Å². The first-order valence-electron chi connectivity index (χ1n) is 10.8. The molecule has 180 valence electrons. The minimum Gasteiger partial charge on any atom is -0.497 e. The van der Waals surface area contributed by atoms with Gasteiger partial charge in [0.05, 0.1) is 35.6 Å². The predicted molar refractivity (Wildman–Crippen MR) is 134 cm³/mol. The highest BCUT2D eigenvalue weighted by Gasteiger charge is 2.33. The highest BCUT2D eigenvalue weighted by Crippen LogP contribution is 2.37. The molecule has 10 heteroatoms. The van der Waals surface area contributed by atoms with Gasteiger partial charge in [0.15, 0.2) is 16.3 Å². The van der Waals surface area contributed by atoms with Crippen molar-refractivity contribution in [1.82, 2.24) is 4.57 Å². The molecule has 0 amide bonds. The van der Waals surface area contributed by atoms with Gasteiger partial charge in [0.25, 0.3) is 5.56 Å². The van der Waals surface area contributed by atoms with Crippen molar-refractivity contribution in [3.8, 4) is 17.2 Å². The van der Waals surface area contributed by atoms with Crippen LogP contribution in [0, 0.1) is 0 Å². The zero-order valence-corrected chi connectivity index (χ0v) is 21.6. The fourth-order valence-electron chi connectivity index (χ4n) is 4.08. The van der Waals surface area contributed by atoms with Crippen molar-refractivity contribution >= 4 is 39.3 Å². The molecule has 5 rings (SSSR count). The summed E-state index contributed by atoms with van der Waals surface area (Å²) in [7, 11) is 1.58. The fourth-order valence-corrected chi connectivity index (χ4v) is 5.55. The lowest BCUT2D eigenvalue weighted by molar-refractivity contribution is -0.139. The lowest BCUT2D eigenvalue weighted by atomic mass is 9.96. The zero-order valence-electron chi connectivity index (χ0n) is 19.2. The average Bonchev–Trinajstić information content (AvgIpc) is 3.42. The van der Waals surface area contributed by atoms with E-state index >= 15 is 0 Å². The second-order valence-electron chi connectivity index (χ2n) is 7.80. The van der Waals surface area contributed by atoms with Gasteiger partial charge in [0.2, 0.25) is 6.79 Å². The van der Waals surface area contributed by atoms with Gasteiger partial charge in [-0.1, -0.05) is 39.4 Å². The Kier molecular flexibility index (Phi) is 6.24. The summed E-state index contributed by atoms with van der Waals surface area (Å²) < 4.78 is 24.3. The number of aromatic nitrogens is 1. The average molecular weight is 557 g/mol. The first-order valence-corrected chi connectivity index (χ1v) is 12.4. The third kappa shape index (κ3) is 4.17. The number of rotatable bonds is 5.